The Morgan fingerprint density at radius 2 is 2.15 bits per heavy atom. The summed E-state index contributed by atoms with van der Waals surface area (Å²) in [7, 11) is 0. The van der Waals surface area contributed by atoms with Gasteiger partial charge in [0.2, 0.25) is 5.78 Å². The molecular weight excluding hydrogens is 164 g/mol. The Morgan fingerprint density at radius 3 is 2.92 bits per heavy atom. The maximum Gasteiger partial charge on any atom is 0.205 e. The maximum atomic E-state index is 11.2. The lowest BCUT2D eigenvalue weighted by Gasteiger charge is -1.90. The molecule has 0 fully saturated rings. The van der Waals surface area contributed by atoms with Crippen LogP contribution in [0.3, 0.4) is 0 Å². The average Bonchev–Trinajstić information content (AvgIpc) is 2.60. The van der Waals surface area contributed by atoms with Crippen LogP contribution in [-0.2, 0) is 0 Å². The van der Waals surface area contributed by atoms with E-state index in [-0.39, 0.29) is 5.78 Å². The van der Waals surface area contributed by atoms with Crippen molar-refractivity contribution in [2.75, 3.05) is 0 Å². The molecule has 0 saturated carbocycles. The molecule has 13 heavy (non-hydrogen) atoms. The van der Waals surface area contributed by atoms with Crippen LogP contribution in [0.25, 0.3) is 10.9 Å². The molecular formula is C10H8N2O. The standard InChI is InChI=1S/C10H8N2O/c11-5-10(13)8-6-12-9-4-2-1-3-7(8)9/h1-6,11-12H. The molecule has 0 amide bonds. The molecule has 0 unspecified atom stereocenters. The van der Waals surface area contributed by atoms with Gasteiger partial charge in [-0.15, -0.1) is 0 Å². The van der Waals surface area contributed by atoms with Gasteiger partial charge in [0.15, 0.2) is 0 Å². The largest absolute Gasteiger partial charge is 0.360 e. The highest BCUT2D eigenvalue weighted by Gasteiger charge is 2.07. The van der Waals surface area contributed by atoms with Crippen molar-refractivity contribution in [2.45, 2.75) is 0 Å². The molecule has 0 aliphatic carbocycles. The van der Waals surface area contributed by atoms with Crippen molar-refractivity contribution < 1.29 is 4.79 Å². The molecule has 1 aromatic carbocycles. The van der Waals surface area contributed by atoms with Gasteiger partial charge in [0, 0.05) is 22.7 Å². The van der Waals surface area contributed by atoms with Crippen molar-refractivity contribution in [1.82, 2.24) is 4.98 Å². The number of Topliss-reactive ketones (excluding diaryl/α,β-unsaturated/α-hetero) is 1. The minimum Gasteiger partial charge on any atom is -0.360 e. The molecule has 1 aromatic heterocycles. The third-order valence-electron chi connectivity index (χ3n) is 1.99. The third-order valence-corrected chi connectivity index (χ3v) is 1.99. The Morgan fingerprint density at radius 1 is 1.38 bits per heavy atom. The van der Waals surface area contributed by atoms with E-state index in [1.165, 1.54) is 0 Å². The summed E-state index contributed by atoms with van der Waals surface area (Å²) in [6.07, 6.45) is 2.47. The summed E-state index contributed by atoms with van der Waals surface area (Å²) in [5.41, 5.74) is 1.48. The Bertz CT molecular complexity index is 470. The summed E-state index contributed by atoms with van der Waals surface area (Å²) in [5.74, 6) is -0.266. The van der Waals surface area contributed by atoms with Gasteiger partial charge in [-0.1, -0.05) is 18.2 Å². The Balaban J connectivity index is 2.71. The first-order valence-electron chi connectivity index (χ1n) is 3.94. The van der Waals surface area contributed by atoms with Gasteiger partial charge in [-0.25, -0.2) is 0 Å². The zero-order valence-corrected chi connectivity index (χ0v) is 6.87. The summed E-state index contributed by atoms with van der Waals surface area (Å²) >= 11 is 0. The van der Waals surface area contributed by atoms with Crippen LogP contribution in [0, 0.1) is 5.41 Å². The van der Waals surface area contributed by atoms with Crippen molar-refractivity contribution in [3.63, 3.8) is 0 Å². The van der Waals surface area contributed by atoms with E-state index in [9.17, 15) is 4.79 Å². The molecule has 64 valence electrons. The zero-order valence-electron chi connectivity index (χ0n) is 6.87. The van der Waals surface area contributed by atoms with Gasteiger partial charge in [-0.05, 0) is 6.07 Å². The molecule has 2 aromatic rings. The summed E-state index contributed by atoms with van der Waals surface area (Å²) in [5, 5.41) is 7.74. The molecule has 0 bridgehead atoms. The van der Waals surface area contributed by atoms with E-state index in [0.717, 1.165) is 17.1 Å². The number of rotatable bonds is 2. The summed E-state index contributed by atoms with van der Waals surface area (Å²) in [6.45, 7) is 0. The number of fused-ring (bicyclic) bond motifs is 1. The first-order chi connectivity index (χ1) is 6.33. The second-order valence-corrected chi connectivity index (χ2v) is 2.76. The Labute approximate surface area is 74.9 Å². The Kier molecular flexibility index (Phi) is 1.70. The fourth-order valence-electron chi connectivity index (χ4n) is 1.35. The van der Waals surface area contributed by atoms with Gasteiger partial charge >= 0.3 is 0 Å². The third kappa shape index (κ3) is 1.14. The second-order valence-electron chi connectivity index (χ2n) is 2.76. The lowest BCUT2D eigenvalue weighted by atomic mass is 10.1. The summed E-state index contributed by atoms with van der Waals surface area (Å²) in [6, 6.07) is 7.53. The topological polar surface area (TPSA) is 56.7 Å². The minimum absolute atomic E-state index is 0.266. The summed E-state index contributed by atoms with van der Waals surface area (Å²) < 4.78 is 0. The van der Waals surface area contributed by atoms with Crippen LogP contribution >= 0.6 is 0 Å². The summed E-state index contributed by atoms with van der Waals surface area (Å²) in [4.78, 5) is 14.2. The van der Waals surface area contributed by atoms with Crippen LogP contribution in [0.2, 0.25) is 0 Å². The molecule has 0 aliphatic rings. The van der Waals surface area contributed by atoms with Crippen molar-refractivity contribution in [3.8, 4) is 0 Å². The zero-order chi connectivity index (χ0) is 9.26. The van der Waals surface area contributed by atoms with Gasteiger partial charge in [0.25, 0.3) is 0 Å². The molecule has 3 nitrogen and oxygen atoms in total. The number of ketones is 1. The van der Waals surface area contributed by atoms with E-state index in [0.29, 0.717) is 5.56 Å². The van der Waals surface area contributed by atoms with Crippen LogP contribution in [0.5, 0.6) is 0 Å². The van der Waals surface area contributed by atoms with E-state index >= 15 is 0 Å². The predicted molar refractivity (Wildman–Crippen MR) is 51.4 cm³/mol. The van der Waals surface area contributed by atoms with Crippen LogP contribution in [-0.4, -0.2) is 17.0 Å². The van der Waals surface area contributed by atoms with Crippen LogP contribution in [0.1, 0.15) is 10.4 Å². The number of carbonyl (C=O) groups excluding carboxylic acids is 1. The molecule has 0 spiro atoms. The number of nitrogens with one attached hydrogen (secondary N) is 2. The van der Waals surface area contributed by atoms with Crippen molar-refractivity contribution >= 4 is 22.9 Å². The Hall–Kier alpha value is -1.90. The molecule has 3 heteroatoms. The smallest absolute Gasteiger partial charge is 0.205 e. The van der Waals surface area contributed by atoms with Crippen molar-refractivity contribution in [1.29, 1.82) is 5.41 Å². The van der Waals surface area contributed by atoms with Crippen molar-refractivity contribution in [3.05, 3.63) is 36.0 Å². The van der Waals surface area contributed by atoms with Gasteiger partial charge in [-0.3, -0.25) is 4.79 Å². The molecule has 0 atom stereocenters. The van der Waals surface area contributed by atoms with Gasteiger partial charge in [-0.2, -0.15) is 0 Å². The highest BCUT2D eigenvalue weighted by atomic mass is 16.1. The number of H-pyrrole nitrogens is 1. The predicted octanol–water partition coefficient (Wildman–Crippen LogP) is 2.00. The monoisotopic (exact) mass is 172 g/mol. The van der Waals surface area contributed by atoms with E-state index < -0.39 is 0 Å². The van der Waals surface area contributed by atoms with Gasteiger partial charge in [0.1, 0.15) is 0 Å². The number of hydrogen-bond donors (Lipinski definition) is 2. The minimum atomic E-state index is -0.266. The van der Waals surface area contributed by atoms with Crippen molar-refractivity contribution in [2.24, 2.45) is 0 Å². The number of aromatic amines is 1. The van der Waals surface area contributed by atoms with Crippen LogP contribution in [0.4, 0.5) is 0 Å². The maximum absolute atomic E-state index is 11.2. The lowest BCUT2D eigenvalue weighted by molar-refractivity contribution is 0.107. The van der Waals surface area contributed by atoms with Gasteiger partial charge in [0.05, 0.1) is 6.21 Å². The van der Waals surface area contributed by atoms with E-state index in [1.54, 1.807) is 6.20 Å². The van der Waals surface area contributed by atoms with E-state index in [4.69, 9.17) is 5.41 Å². The number of carbonyl (C=O) groups is 1. The quantitative estimate of drug-likeness (QED) is 0.528. The van der Waals surface area contributed by atoms with E-state index in [1.807, 2.05) is 24.3 Å². The molecule has 1 heterocycles. The van der Waals surface area contributed by atoms with E-state index in [2.05, 4.69) is 4.98 Å². The molecule has 0 aliphatic heterocycles. The highest BCUT2D eigenvalue weighted by molar-refractivity contribution is 6.37. The number of hydrogen-bond acceptors (Lipinski definition) is 2. The number of para-hydroxylation sites is 1. The fourth-order valence-corrected chi connectivity index (χ4v) is 1.35. The lowest BCUT2D eigenvalue weighted by Crippen LogP contribution is -1.96. The van der Waals surface area contributed by atoms with Crippen LogP contribution < -0.4 is 0 Å². The normalized spacial score (nSPS) is 10.2. The fraction of sp³-hybridized carbons (Fsp3) is 0. The van der Waals surface area contributed by atoms with Crippen LogP contribution in [0.15, 0.2) is 30.5 Å². The number of benzene rings is 1. The van der Waals surface area contributed by atoms with Gasteiger partial charge < -0.3 is 10.4 Å². The first-order valence-corrected chi connectivity index (χ1v) is 3.94. The average molecular weight is 172 g/mol. The second kappa shape index (κ2) is 2.86. The highest BCUT2D eigenvalue weighted by Crippen LogP contribution is 2.17. The molecule has 0 radical (unpaired) electrons. The molecule has 2 rings (SSSR count). The molecule has 0 saturated heterocycles. The first kappa shape index (κ1) is 7.73. The number of aromatic nitrogens is 1. The SMILES string of the molecule is N=CC(=O)c1c[nH]c2ccccc12. The molecule has 2 N–H and O–H groups in total.